The second-order valence-electron chi connectivity index (χ2n) is 4.23. The Morgan fingerprint density at radius 2 is 2.33 bits per heavy atom. The zero-order valence-electron chi connectivity index (χ0n) is 10.1. The van der Waals surface area contributed by atoms with Gasteiger partial charge in [-0.05, 0) is 31.0 Å². The summed E-state index contributed by atoms with van der Waals surface area (Å²) in [6.07, 6.45) is 1.58. The minimum absolute atomic E-state index is 0.00328. The number of halogens is 1. The largest absolute Gasteiger partial charge is 0.383 e. The SMILES string of the molecule is O=C(NCCNc1cccc(Br)c1)[C@H]1CCCO1. The fraction of sp³-hybridized carbons (Fsp3) is 0.462. The van der Waals surface area contributed by atoms with E-state index in [1.165, 1.54) is 0 Å². The van der Waals surface area contributed by atoms with Crippen molar-refractivity contribution >= 4 is 27.5 Å². The molecule has 1 atom stereocenters. The van der Waals surface area contributed by atoms with E-state index < -0.39 is 0 Å². The molecular weight excluding hydrogens is 296 g/mol. The number of hydrogen-bond donors (Lipinski definition) is 2. The Morgan fingerprint density at radius 1 is 1.44 bits per heavy atom. The molecule has 1 aliphatic rings. The Hall–Kier alpha value is -1.07. The minimum Gasteiger partial charge on any atom is -0.383 e. The first kappa shape index (κ1) is 13.4. The van der Waals surface area contributed by atoms with Gasteiger partial charge in [0, 0.05) is 29.9 Å². The van der Waals surface area contributed by atoms with Crippen molar-refractivity contribution in [2.75, 3.05) is 25.0 Å². The predicted octanol–water partition coefficient (Wildman–Crippen LogP) is 2.16. The zero-order chi connectivity index (χ0) is 12.8. The normalized spacial score (nSPS) is 18.6. The van der Waals surface area contributed by atoms with Crippen LogP contribution in [0.5, 0.6) is 0 Å². The average molecular weight is 313 g/mol. The third-order valence-electron chi connectivity index (χ3n) is 2.80. The van der Waals surface area contributed by atoms with Crippen LogP contribution in [0.3, 0.4) is 0 Å². The Labute approximate surface area is 115 Å². The Bertz CT molecular complexity index is 406. The van der Waals surface area contributed by atoms with Gasteiger partial charge in [0.15, 0.2) is 0 Å². The number of carbonyl (C=O) groups is 1. The third-order valence-corrected chi connectivity index (χ3v) is 3.29. The number of hydrogen-bond acceptors (Lipinski definition) is 3. The van der Waals surface area contributed by atoms with Gasteiger partial charge < -0.3 is 15.4 Å². The molecule has 5 heteroatoms. The standard InChI is InChI=1S/C13H17BrN2O2/c14-10-3-1-4-11(9-10)15-6-7-16-13(17)12-5-2-8-18-12/h1,3-4,9,12,15H,2,5-8H2,(H,16,17)/t12-/m1/s1. The summed E-state index contributed by atoms with van der Waals surface area (Å²) in [5.41, 5.74) is 1.04. The smallest absolute Gasteiger partial charge is 0.249 e. The summed E-state index contributed by atoms with van der Waals surface area (Å²) in [6.45, 7) is 2.01. The van der Waals surface area contributed by atoms with Gasteiger partial charge in [0.25, 0.3) is 0 Å². The summed E-state index contributed by atoms with van der Waals surface area (Å²) in [6, 6.07) is 7.94. The molecule has 2 N–H and O–H groups in total. The molecule has 1 aliphatic heterocycles. The van der Waals surface area contributed by atoms with Crippen molar-refractivity contribution in [1.29, 1.82) is 0 Å². The maximum atomic E-state index is 11.6. The molecule has 1 saturated heterocycles. The molecule has 0 bridgehead atoms. The van der Waals surface area contributed by atoms with Crippen molar-refractivity contribution in [1.82, 2.24) is 5.32 Å². The van der Waals surface area contributed by atoms with Gasteiger partial charge in [0.2, 0.25) is 5.91 Å². The fourth-order valence-corrected chi connectivity index (χ4v) is 2.29. The summed E-state index contributed by atoms with van der Waals surface area (Å²) in [5.74, 6) is 0.00328. The van der Waals surface area contributed by atoms with Crippen LogP contribution in [-0.4, -0.2) is 31.7 Å². The van der Waals surface area contributed by atoms with Gasteiger partial charge in [-0.2, -0.15) is 0 Å². The molecule has 0 radical (unpaired) electrons. The van der Waals surface area contributed by atoms with Crippen LogP contribution < -0.4 is 10.6 Å². The van der Waals surface area contributed by atoms with E-state index in [4.69, 9.17) is 4.74 Å². The lowest BCUT2D eigenvalue weighted by Crippen LogP contribution is -2.36. The van der Waals surface area contributed by atoms with Crippen molar-refractivity contribution in [3.05, 3.63) is 28.7 Å². The van der Waals surface area contributed by atoms with E-state index in [1.54, 1.807) is 0 Å². The first-order valence-corrected chi connectivity index (χ1v) is 6.94. The number of benzene rings is 1. The number of carbonyl (C=O) groups excluding carboxylic acids is 1. The van der Waals surface area contributed by atoms with Crippen LogP contribution >= 0.6 is 15.9 Å². The van der Waals surface area contributed by atoms with Gasteiger partial charge >= 0.3 is 0 Å². The van der Waals surface area contributed by atoms with Gasteiger partial charge in [0.1, 0.15) is 6.10 Å². The van der Waals surface area contributed by atoms with E-state index in [0.29, 0.717) is 19.7 Å². The number of ether oxygens (including phenoxy) is 1. The van der Waals surface area contributed by atoms with Crippen molar-refractivity contribution in [2.45, 2.75) is 18.9 Å². The van der Waals surface area contributed by atoms with E-state index in [1.807, 2.05) is 24.3 Å². The highest BCUT2D eigenvalue weighted by atomic mass is 79.9. The van der Waals surface area contributed by atoms with E-state index in [2.05, 4.69) is 26.6 Å². The molecule has 4 nitrogen and oxygen atoms in total. The molecule has 1 heterocycles. The first-order valence-electron chi connectivity index (χ1n) is 6.14. The van der Waals surface area contributed by atoms with Crippen LogP contribution in [0.15, 0.2) is 28.7 Å². The molecule has 2 rings (SSSR count). The molecule has 98 valence electrons. The van der Waals surface area contributed by atoms with Crippen molar-refractivity contribution < 1.29 is 9.53 Å². The quantitative estimate of drug-likeness (QED) is 0.819. The molecule has 0 saturated carbocycles. The zero-order valence-corrected chi connectivity index (χ0v) is 11.7. The third kappa shape index (κ3) is 3.99. The van der Waals surface area contributed by atoms with Crippen LogP contribution in [0.4, 0.5) is 5.69 Å². The van der Waals surface area contributed by atoms with Gasteiger partial charge in [-0.3, -0.25) is 4.79 Å². The highest BCUT2D eigenvalue weighted by molar-refractivity contribution is 9.10. The number of amides is 1. The second kappa shape index (κ2) is 6.75. The van der Waals surface area contributed by atoms with E-state index in [-0.39, 0.29) is 12.0 Å². The van der Waals surface area contributed by atoms with E-state index in [9.17, 15) is 4.79 Å². The molecule has 0 aliphatic carbocycles. The number of nitrogens with one attached hydrogen (secondary N) is 2. The predicted molar refractivity (Wildman–Crippen MR) is 74.6 cm³/mol. The molecule has 1 aromatic rings. The fourth-order valence-electron chi connectivity index (χ4n) is 1.89. The molecular formula is C13H17BrN2O2. The lowest BCUT2D eigenvalue weighted by atomic mass is 10.2. The molecule has 1 aromatic carbocycles. The molecule has 1 fully saturated rings. The van der Waals surface area contributed by atoms with Crippen molar-refractivity contribution in [3.8, 4) is 0 Å². The number of anilines is 1. The molecule has 0 aromatic heterocycles. The van der Waals surface area contributed by atoms with Crippen LogP contribution in [-0.2, 0) is 9.53 Å². The van der Waals surface area contributed by atoms with Gasteiger partial charge in [-0.15, -0.1) is 0 Å². The van der Waals surface area contributed by atoms with Gasteiger partial charge in [0.05, 0.1) is 0 Å². The summed E-state index contributed by atoms with van der Waals surface area (Å²) in [5, 5.41) is 6.12. The molecule has 1 amide bonds. The lowest BCUT2D eigenvalue weighted by molar-refractivity contribution is -0.129. The maximum absolute atomic E-state index is 11.6. The summed E-state index contributed by atoms with van der Waals surface area (Å²) in [4.78, 5) is 11.6. The minimum atomic E-state index is -0.240. The Kier molecular flexibility index (Phi) is 5.01. The Balaban J connectivity index is 1.65. The summed E-state index contributed by atoms with van der Waals surface area (Å²) >= 11 is 3.41. The van der Waals surface area contributed by atoms with E-state index >= 15 is 0 Å². The van der Waals surface area contributed by atoms with E-state index in [0.717, 1.165) is 23.0 Å². The van der Waals surface area contributed by atoms with Crippen molar-refractivity contribution in [3.63, 3.8) is 0 Å². The highest BCUT2D eigenvalue weighted by Gasteiger charge is 2.22. The first-order chi connectivity index (χ1) is 8.75. The number of rotatable bonds is 5. The average Bonchev–Trinajstić information content (AvgIpc) is 2.88. The summed E-state index contributed by atoms with van der Waals surface area (Å²) < 4.78 is 6.35. The highest BCUT2D eigenvalue weighted by Crippen LogP contribution is 2.15. The molecule has 0 unspecified atom stereocenters. The maximum Gasteiger partial charge on any atom is 0.249 e. The van der Waals surface area contributed by atoms with Crippen LogP contribution in [0.25, 0.3) is 0 Å². The monoisotopic (exact) mass is 312 g/mol. The van der Waals surface area contributed by atoms with Crippen molar-refractivity contribution in [2.24, 2.45) is 0 Å². The summed E-state index contributed by atoms with van der Waals surface area (Å²) in [7, 11) is 0. The Morgan fingerprint density at radius 3 is 3.06 bits per heavy atom. The van der Waals surface area contributed by atoms with Gasteiger partial charge in [-0.1, -0.05) is 22.0 Å². The second-order valence-corrected chi connectivity index (χ2v) is 5.15. The molecule has 18 heavy (non-hydrogen) atoms. The van der Waals surface area contributed by atoms with Crippen LogP contribution in [0.1, 0.15) is 12.8 Å². The lowest BCUT2D eigenvalue weighted by Gasteiger charge is -2.11. The topological polar surface area (TPSA) is 50.4 Å². The van der Waals surface area contributed by atoms with Gasteiger partial charge in [-0.25, -0.2) is 0 Å². The van der Waals surface area contributed by atoms with Crippen LogP contribution in [0, 0.1) is 0 Å². The van der Waals surface area contributed by atoms with Crippen LogP contribution in [0.2, 0.25) is 0 Å². The molecule has 0 spiro atoms.